The van der Waals surface area contributed by atoms with Crippen LogP contribution in [0.15, 0.2) is 16.9 Å². The number of nitrogens with one attached hydrogen (secondary N) is 2. The summed E-state index contributed by atoms with van der Waals surface area (Å²) >= 11 is 0. The highest BCUT2D eigenvalue weighted by atomic mass is 16.5. The minimum absolute atomic E-state index is 0.100. The van der Waals surface area contributed by atoms with E-state index >= 15 is 0 Å². The first kappa shape index (κ1) is 9.05. The Morgan fingerprint density at radius 1 is 1.64 bits per heavy atom. The molecular formula is C9H13N3O2. The van der Waals surface area contributed by atoms with Gasteiger partial charge in [0.2, 0.25) is 5.91 Å². The van der Waals surface area contributed by atoms with Gasteiger partial charge < -0.3 is 15.2 Å². The van der Waals surface area contributed by atoms with Gasteiger partial charge in [-0.15, -0.1) is 0 Å². The maximum absolute atomic E-state index is 11.2. The lowest BCUT2D eigenvalue weighted by Gasteiger charge is -2.13. The zero-order valence-electron chi connectivity index (χ0n) is 7.82. The van der Waals surface area contributed by atoms with Crippen LogP contribution in [-0.4, -0.2) is 23.7 Å². The zero-order valence-corrected chi connectivity index (χ0v) is 7.82. The van der Waals surface area contributed by atoms with Gasteiger partial charge in [0.25, 0.3) is 0 Å². The summed E-state index contributed by atoms with van der Waals surface area (Å²) in [5.41, 5.74) is 0. The highest BCUT2D eigenvalue weighted by Gasteiger charge is 2.17. The van der Waals surface area contributed by atoms with E-state index in [2.05, 4.69) is 15.8 Å². The van der Waals surface area contributed by atoms with Gasteiger partial charge in [-0.1, -0.05) is 5.16 Å². The van der Waals surface area contributed by atoms with E-state index in [9.17, 15) is 4.79 Å². The van der Waals surface area contributed by atoms with Crippen molar-refractivity contribution in [3.05, 3.63) is 12.3 Å². The molecule has 5 heteroatoms. The Bertz CT molecular complexity index is 297. The fraction of sp³-hybridized carbons (Fsp3) is 0.556. The van der Waals surface area contributed by atoms with Crippen molar-refractivity contribution in [3.63, 3.8) is 0 Å². The number of anilines is 1. The van der Waals surface area contributed by atoms with E-state index in [1.807, 2.05) is 0 Å². The maximum atomic E-state index is 11.2. The van der Waals surface area contributed by atoms with Crippen LogP contribution in [0.4, 0.5) is 5.82 Å². The van der Waals surface area contributed by atoms with Gasteiger partial charge in [-0.2, -0.15) is 0 Å². The summed E-state index contributed by atoms with van der Waals surface area (Å²) in [7, 11) is 0. The van der Waals surface area contributed by atoms with Gasteiger partial charge in [0, 0.05) is 25.1 Å². The van der Waals surface area contributed by atoms with Gasteiger partial charge in [-0.3, -0.25) is 4.79 Å². The fourth-order valence-corrected chi connectivity index (χ4v) is 1.59. The molecule has 1 saturated heterocycles. The molecule has 2 heterocycles. The number of aromatic nitrogens is 1. The van der Waals surface area contributed by atoms with Gasteiger partial charge in [-0.05, 0) is 12.8 Å². The second kappa shape index (κ2) is 4.13. The molecule has 0 radical (unpaired) electrons. The van der Waals surface area contributed by atoms with Crippen LogP contribution >= 0.6 is 0 Å². The fourth-order valence-electron chi connectivity index (χ4n) is 1.59. The van der Waals surface area contributed by atoms with Crippen molar-refractivity contribution in [1.82, 2.24) is 10.5 Å². The number of carbonyl (C=O) groups excluding carboxylic acids is 1. The summed E-state index contributed by atoms with van der Waals surface area (Å²) in [5.74, 6) is 0.799. The number of hydrogen-bond donors (Lipinski definition) is 2. The Morgan fingerprint density at radius 3 is 3.36 bits per heavy atom. The topological polar surface area (TPSA) is 67.2 Å². The monoisotopic (exact) mass is 195 g/mol. The van der Waals surface area contributed by atoms with Crippen LogP contribution in [0.3, 0.4) is 0 Å². The summed E-state index contributed by atoms with van der Waals surface area (Å²) in [5, 5.41) is 9.75. The van der Waals surface area contributed by atoms with E-state index < -0.39 is 0 Å². The van der Waals surface area contributed by atoms with E-state index in [-0.39, 0.29) is 11.9 Å². The van der Waals surface area contributed by atoms with Crippen molar-refractivity contribution in [2.45, 2.75) is 25.3 Å². The molecule has 2 N–H and O–H groups in total. The Labute approximate surface area is 81.8 Å². The number of nitrogens with zero attached hydrogens (tertiary/aromatic N) is 1. The lowest BCUT2D eigenvalue weighted by Crippen LogP contribution is -2.26. The maximum Gasteiger partial charge on any atom is 0.222 e. The van der Waals surface area contributed by atoms with Gasteiger partial charge >= 0.3 is 0 Å². The Kier molecular flexibility index (Phi) is 2.67. The molecule has 1 aliphatic rings. The average molecular weight is 195 g/mol. The SMILES string of the molecule is O=C1CC(Nc2ccon2)CCCN1. The Balaban J connectivity index is 1.93. The van der Waals surface area contributed by atoms with E-state index in [0.29, 0.717) is 12.2 Å². The Morgan fingerprint density at radius 2 is 2.57 bits per heavy atom. The molecule has 0 bridgehead atoms. The van der Waals surface area contributed by atoms with Crippen LogP contribution in [-0.2, 0) is 4.79 Å². The zero-order chi connectivity index (χ0) is 9.80. The van der Waals surface area contributed by atoms with Crippen LogP contribution in [0.5, 0.6) is 0 Å². The summed E-state index contributed by atoms with van der Waals surface area (Å²) in [4.78, 5) is 11.2. The van der Waals surface area contributed by atoms with Crippen LogP contribution in [0.2, 0.25) is 0 Å². The first-order valence-electron chi connectivity index (χ1n) is 4.78. The predicted octanol–water partition coefficient (Wildman–Crippen LogP) is 0.755. The van der Waals surface area contributed by atoms with Crippen LogP contribution < -0.4 is 10.6 Å². The molecule has 0 aliphatic carbocycles. The van der Waals surface area contributed by atoms with E-state index in [0.717, 1.165) is 19.4 Å². The largest absolute Gasteiger partial charge is 0.364 e. The van der Waals surface area contributed by atoms with Crippen molar-refractivity contribution in [2.24, 2.45) is 0 Å². The molecule has 1 aromatic rings. The predicted molar refractivity (Wildman–Crippen MR) is 50.8 cm³/mol. The molecule has 5 nitrogen and oxygen atoms in total. The molecule has 1 aromatic heterocycles. The van der Waals surface area contributed by atoms with Crippen LogP contribution in [0.1, 0.15) is 19.3 Å². The van der Waals surface area contributed by atoms with Crippen LogP contribution in [0.25, 0.3) is 0 Å². The molecule has 2 rings (SSSR count). The summed E-state index contributed by atoms with van der Waals surface area (Å²) in [6.07, 6.45) is 4.00. The second-order valence-corrected chi connectivity index (χ2v) is 3.42. The van der Waals surface area contributed by atoms with Crippen LogP contribution in [0, 0.1) is 0 Å². The van der Waals surface area contributed by atoms with Gasteiger partial charge in [0.1, 0.15) is 6.26 Å². The molecule has 1 fully saturated rings. The number of amides is 1. The first-order valence-corrected chi connectivity index (χ1v) is 4.78. The Hall–Kier alpha value is -1.52. The molecule has 0 spiro atoms. The molecular weight excluding hydrogens is 182 g/mol. The molecule has 1 unspecified atom stereocenters. The quantitative estimate of drug-likeness (QED) is 0.731. The lowest BCUT2D eigenvalue weighted by atomic mass is 10.1. The van der Waals surface area contributed by atoms with Gasteiger partial charge in [0.05, 0.1) is 0 Å². The van der Waals surface area contributed by atoms with Crippen molar-refractivity contribution in [3.8, 4) is 0 Å². The average Bonchev–Trinajstić information content (AvgIpc) is 2.56. The molecule has 0 saturated carbocycles. The standard InChI is InChI=1S/C9H13N3O2/c13-9-6-7(2-1-4-10-9)11-8-3-5-14-12-8/h3,5,7H,1-2,4,6H2,(H,10,13)(H,11,12). The van der Waals surface area contributed by atoms with Crippen molar-refractivity contribution < 1.29 is 9.32 Å². The molecule has 0 aromatic carbocycles. The van der Waals surface area contributed by atoms with E-state index in [4.69, 9.17) is 4.52 Å². The molecule has 14 heavy (non-hydrogen) atoms. The third-order valence-corrected chi connectivity index (χ3v) is 2.27. The molecule has 1 amide bonds. The second-order valence-electron chi connectivity index (χ2n) is 3.42. The number of hydrogen-bond acceptors (Lipinski definition) is 4. The summed E-state index contributed by atoms with van der Waals surface area (Å²) in [6.45, 7) is 0.774. The normalized spacial score (nSPS) is 22.6. The highest BCUT2D eigenvalue weighted by molar-refractivity contribution is 5.77. The van der Waals surface area contributed by atoms with Crippen molar-refractivity contribution >= 4 is 11.7 Å². The van der Waals surface area contributed by atoms with E-state index in [1.54, 1.807) is 6.07 Å². The molecule has 76 valence electrons. The minimum Gasteiger partial charge on any atom is -0.364 e. The van der Waals surface area contributed by atoms with E-state index in [1.165, 1.54) is 6.26 Å². The molecule has 1 atom stereocenters. The summed E-state index contributed by atoms with van der Waals surface area (Å²) in [6, 6.07) is 1.92. The number of rotatable bonds is 2. The first-order chi connectivity index (χ1) is 6.84. The van der Waals surface area contributed by atoms with Crippen molar-refractivity contribution in [2.75, 3.05) is 11.9 Å². The van der Waals surface area contributed by atoms with Gasteiger partial charge in [0.15, 0.2) is 5.82 Å². The molecule has 1 aliphatic heterocycles. The summed E-state index contributed by atoms with van der Waals surface area (Å²) < 4.78 is 4.70. The minimum atomic E-state index is 0.100. The smallest absolute Gasteiger partial charge is 0.222 e. The third-order valence-electron chi connectivity index (χ3n) is 2.27. The number of carbonyl (C=O) groups is 1. The highest BCUT2D eigenvalue weighted by Crippen LogP contribution is 2.12. The van der Waals surface area contributed by atoms with Gasteiger partial charge in [-0.25, -0.2) is 0 Å². The third kappa shape index (κ3) is 2.25. The lowest BCUT2D eigenvalue weighted by molar-refractivity contribution is -0.120. The van der Waals surface area contributed by atoms with Crippen molar-refractivity contribution in [1.29, 1.82) is 0 Å².